The summed E-state index contributed by atoms with van der Waals surface area (Å²) in [5.41, 5.74) is 7.30. The van der Waals surface area contributed by atoms with Crippen molar-refractivity contribution in [3.63, 3.8) is 0 Å². The van der Waals surface area contributed by atoms with E-state index in [0.29, 0.717) is 24.1 Å². The number of hydrogen-bond acceptors (Lipinski definition) is 3. The van der Waals surface area contributed by atoms with Gasteiger partial charge >= 0.3 is 0 Å². The second-order valence-corrected chi connectivity index (χ2v) is 5.53. The number of hydrogen-bond donors (Lipinski definition) is 2. The van der Waals surface area contributed by atoms with Crippen molar-refractivity contribution in [1.29, 1.82) is 0 Å². The summed E-state index contributed by atoms with van der Waals surface area (Å²) in [5.74, 6) is 0.464. The van der Waals surface area contributed by atoms with E-state index in [9.17, 15) is 4.79 Å². The number of benzene rings is 1. The molecule has 3 N–H and O–H groups in total. The molecule has 2 unspecified atom stereocenters. The van der Waals surface area contributed by atoms with Crippen molar-refractivity contribution in [2.45, 2.75) is 25.3 Å². The van der Waals surface area contributed by atoms with Gasteiger partial charge in [0.05, 0.1) is 11.1 Å². The quantitative estimate of drug-likeness (QED) is 0.896. The molecule has 2 aromatic rings. The van der Waals surface area contributed by atoms with E-state index in [4.69, 9.17) is 5.73 Å². The van der Waals surface area contributed by atoms with Crippen LogP contribution < -0.4 is 11.1 Å². The molecule has 1 fully saturated rings. The SMILES string of the molecule is NC1CCC(CNC(=O)c2cccc3cccnc23)C1. The average Bonchev–Trinajstić information content (AvgIpc) is 2.90. The number of aromatic nitrogens is 1. The van der Waals surface area contributed by atoms with E-state index in [2.05, 4.69) is 10.3 Å². The minimum Gasteiger partial charge on any atom is -0.352 e. The lowest BCUT2D eigenvalue weighted by Gasteiger charge is -2.12. The molecular formula is C16H19N3O. The summed E-state index contributed by atoms with van der Waals surface area (Å²) in [6, 6.07) is 9.83. The molecule has 1 aromatic heterocycles. The highest BCUT2D eigenvalue weighted by Gasteiger charge is 2.22. The Morgan fingerprint density at radius 1 is 1.30 bits per heavy atom. The number of fused-ring (bicyclic) bond motifs is 1. The predicted octanol–water partition coefficient (Wildman–Crippen LogP) is 2.09. The van der Waals surface area contributed by atoms with Crippen LogP contribution in [-0.2, 0) is 0 Å². The van der Waals surface area contributed by atoms with Crippen molar-refractivity contribution in [2.75, 3.05) is 6.54 Å². The average molecular weight is 269 g/mol. The number of rotatable bonds is 3. The summed E-state index contributed by atoms with van der Waals surface area (Å²) in [7, 11) is 0. The van der Waals surface area contributed by atoms with Crippen molar-refractivity contribution < 1.29 is 4.79 Å². The summed E-state index contributed by atoms with van der Waals surface area (Å²) >= 11 is 0. The van der Waals surface area contributed by atoms with Crippen LogP contribution in [0.5, 0.6) is 0 Å². The Bertz CT molecular complexity index is 621. The number of nitrogens with one attached hydrogen (secondary N) is 1. The summed E-state index contributed by atoms with van der Waals surface area (Å²) < 4.78 is 0. The van der Waals surface area contributed by atoms with Gasteiger partial charge in [0.25, 0.3) is 5.91 Å². The standard InChI is InChI=1S/C16H19N3O/c17-13-7-6-11(9-13)10-19-16(20)14-5-1-3-12-4-2-8-18-15(12)14/h1-5,8,11,13H,6-7,9-10,17H2,(H,19,20). The molecular weight excluding hydrogens is 250 g/mol. The maximum absolute atomic E-state index is 12.3. The first-order valence-corrected chi connectivity index (χ1v) is 7.11. The number of amides is 1. The van der Waals surface area contributed by atoms with E-state index in [1.165, 1.54) is 0 Å². The molecule has 1 saturated carbocycles. The fourth-order valence-corrected chi connectivity index (χ4v) is 2.92. The number of nitrogens with two attached hydrogens (primary N) is 1. The van der Waals surface area contributed by atoms with E-state index in [1.54, 1.807) is 6.20 Å². The van der Waals surface area contributed by atoms with E-state index in [1.807, 2.05) is 30.3 Å². The molecule has 1 heterocycles. The Balaban J connectivity index is 1.72. The molecule has 2 atom stereocenters. The Hall–Kier alpha value is -1.94. The number of para-hydroxylation sites is 1. The van der Waals surface area contributed by atoms with Crippen molar-refractivity contribution in [3.05, 3.63) is 42.1 Å². The molecule has 3 rings (SSSR count). The normalized spacial score (nSPS) is 22.1. The smallest absolute Gasteiger partial charge is 0.253 e. The van der Waals surface area contributed by atoms with E-state index < -0.39 is 0 Å². The first-order valence-electron chi connectivity index (χ1n) is 7.11. The molecule has 0 aliphatic heterocycles. The highest BCUT2D eigenvalue weighted by Crippen LogP contribution is 2.23. The summed E-state index contributed by atoms with van der Waals surface area (Å²) in [6.07, 6.45) is 4.90. The zero-order valence-corrected chi connectivity index (χ0v) is 11.4. The highest BCUT2D eigenvalue weighted by atomic mass is 16.1. The van der Waals surface area contributed by atoms with Gasteiger partial charge in [-0.2, -0.15) is 0 Å². The molecule has 1 aromatic carbocycles. The van der Waals surface area contributed by atoms with Gasteiger partial charge in [-0.25, -0.2) is 0 Å². The van der Waals surface area contributed by atoms with Crippen molar-refractivity contribution in [2.24, 2.45) is 11.7 Å². The molecule has 20 heavy (non-hydrogen) atoms. The van der Waals surface area contributed by atoms with Gasteiger partial charge < -0.3 is 11.1 Å². The number of carbonyl (C=O) groups is 1. The fourth-order valence-electron chi connectivity index (χ4n) is 2.92. The van der Waals surface area contributed by atoms with Crippen LogP contribution in [0.15, 0.2) is 36.5 Å². The lowest BCUT2D eigenvalue weighted by Crippen LogP contribution is -2.29. The van der Waals surface area contributed by atoms with Crippen molar-refractivity contribution >= 4 is 16.8 Å². The zero-order valence-electron chi connectivity index (χ0n) is 11.4. The molecule has 4 nitrogen and oxygen atoms in total. The number of carbonyl (C=O) groups excluding carboxylic acids is 1. The van der Waals surface area contributed by atoms with Gasteiger partial charge in [0, 0.05) is 24.2 Å². The van der Waals surface area contributed by atoms with Gasteiger partial charge in [0.2, 0.25) is 0 Å². The maximum Gasteiger partial charge on any atom is 0.253 e. The van der Waals surface area contributed by atoms with Crippen LogP contribution in [0, 0.1) is 5.92 Å². The first kappa shape index (κ1) is 13.1. The molecule has 4 heteroatoms. The monoisotopic (exact) mass is 269 g/mol. The Labute approximate surface area is 118 Å². The van der Waals surface area contributed by atoms with Gasteiger partial charge in [-0.15, -0.1) is 0 Å². The highest BCUT2D eigenvalue weighted by molar-refractivity contribution is 6.05. The molecule has 1 amide bonds. The Morgan fingerprint density at radius 3 is 2.95 bits per heavy atom. The lowest BCUT2D eigenvalue weighted by molar-refractivity contribution is 0.0948. The van der Waals surface area contributed by atoms with Crippen molar-refractivity contribution in [3.8, 4) is 0 Å². The molecule has 0 spiro atoms. The van der Waals surface area contributed by atoms with Crippen molar-refractivity contribution in [1.82, 2.24) is 10.3 Å². The van der Waals surface area contributed by atoms with Crippen LogP contribution in [0.4, 0.5) is 0 Å². The van der Waals surface area contributed by atoms with E-state index >= 15 is 0 Å². The number of nitrogens with zero attached hydrogens (tertiary/aromatic N) is 1. The molecule has 1 aliphatic carbocycles. The minimum atomic E-state index is -0.0465. The third kappa shape index (κ3) is 2.65. The van der Waals surface area contributed by atoms with Gasteiger partial charge in [0.1, 0.15) is 0 Å². The lowest BCUT2D eigenvalue weighted by atomic mass is 10.1. The fraction of sp³-hybridized carbons (Fsp3) is 0.375. The first-order chi connectivity index (χ1) is 9.74. The van der Waals surface area contributed by atoms with Crippen LogP contribution in [-0.4, -0.2) is 23.5 Å². The molecule has 0 saturated heterocycles. The second kappa shape index (κ2) is 5.59. The maximum atomic E-state index is 12.3. The van der Waals surface area contributed by atoms with Crippen LogP contribution in [0.25, 0.3) is 10.9 Å². The topological polar surface area (TPSA) is 68.0 Å². The largest absolute Gasteiger partial charge is 0.352 e. The van der Waals surface area contributed by atoms with Gasteiger partial charge in [-0.3, -0.25) is 9.78 Å². The summed E-state index contributed by atoms with van der Waals surface area (Å²) in [4.78, 5) is 16.6. The van der Waals surface area contributed by atoms with Gasteiger partial charge in [-0.05, 0) is 37.3 Å². The molecule has 0 bridgehead atoms. The van der Waals surface area contributed by atoms with Crippen LogP contribution in [0.2, 0.25) is 0 Å². The Kier molecular flexibility index (Phi) is 3.65. The van der Waals surface area contributed by atoms with Gasteiger partial charge in [-0.1, -0.05) is 18.2 Å². The molecule has 104 valence electrons. The summed E-state index contributed by atoms with van der Waals surface area (Å²) in [5, 5.41) is 4.01. The number of pyridine rings is 1. The van der Waals surface area contributed by atoms with Crippen LogP contribution >= 0.6 is 0 Å². The van der Waals surface area contributed by atoms with E-state index in [0.717, 1.165) is 30.2 Å². The molecule has 0 radical (unpaired) electrons. The zero-order chi connectivity index (χ0) is 13.9. The van der Waals surface area contributed by atoms with Crippen LogP contribution in [0.1, 0.15) is 29.6 Å². The second-order valence-electron chi connectivity index (χ2n) is 5.53. The van der Waals surface area contributed by atoms with E-state index in [-0.39, 0.29) is 5.91 Å². The van der Waals surface area contributed by atoms with Gasteiger partial charge in [0.15, 0.2) is 0 Å². The van der Waals surface area contributed by atoms with Crippen LogP contribution in [0.3, 0.4) is 0 Å². The third-order valence-electron chi connectivity index (χ3n) is 4.01. The Morgan fingerprint density at radius 2 is 2.15 bits per heavy atom. The third-order valence-corrected chi connectivity index (χ3v) is 4.01. The minimum absolute atomic E-state index is 0.0465. The molecule has 1 aliphatic rings. The summed E-state index contributed by atoms with van der Waals surface area (Å²) in [6.45, 7) is 0.704. The predicted molar refractivity (Wildman–Crippen MR) is 79.4 cm³/mol.